The average molecular weight is 225 g/mol. The van der Waals surface area contributed by atoms with Crippen LogP contribution in [0.2, 0.25) is 0 Å². The number of nitrogens with two attached hydrogens (primary N) is 1. The lowest BCUT2D eigenvalue weighted by molar-refractivity contribution is 0.275. The number of hydrogen-bond donors (Lipinski definition) is 1. The van der Waals surface area contributed by atoms with Gasteiger partial charge in [0.1, 0.15) is 17.4 Å². The topological polar surface area (TPSA) is 35.2 Å². The van der Waals surface area contributed by atoms with Gasteiger partial charge in [0.25, 0.3) is 0 Å². The highest BCUT2D eigenvalue weighted by Gasteiger charge is 2.45. The molecular formula is C12H13F2NO. The quantitative estimate of drug-likeness (QED) is 0.795. The second-order valence-electron chi connectivity index (χ2n) is 4.63. The molecule has 2 N–H and O–H groups in total. The first-order valence-corrected chi connectivity index (χ1v) is 5.55. The van der Waals surface area contributed by atoms with Crippen molar-refractivity contribution in [3.05, 3.63) is 28.8 Å². The minimum atomic E-state index is -0.626. The second kappa shape index (κ2) is 3.17. The van der Waals surface area contributed by atoms with Crippen LogP contribution in [-0.2, 0) is 12.0 Å². The fourth-order valence-electron chi connectivity index (χ4n) is 2.30. The van der Waals surface area contributed by atoms with Gasteiger partial charge in [0.2, 0.25) is 0 Å². The summed E-state index contributed by atoms with van der Waals surface area (Å²) >= 11 is 0. The minimum Gasteiger partial charge on any atom is -0.493 e. The van der Waals surface area contributed by atoms with Gasteiger partial charge in [0.15, 0.2) is 0 Å². The zero-order valence-corrected chi connectivity index (χ0v) is 8.85. The van der Waals surface area contributed by atoms with Crippen molar-refractivity contribution in [2.24, 2.45) is 5.73 Å². The van der Waals surface area contributed by atoms with Crippen molar-refractivity contribution in [3.8, 4) is 5.75 Å². The van der Waals surface area contributed by atoms with E-state index in [1.54, 1.807) is 0 Å². The summed E-state index contributed by atoms with van der Waals surface area (Å²) in [4.78, 5) is 0. The third kappa shape index (κ3) is 1.33. The van der Waals surface area contributed by atoms with Crippen LogP contribution in [0.3, 0.4) is 0 Å². The molecule has 0 unspecified atom stereocenters. The largest absolute Gasteiger partial charge is 0.493 e. The Morgan fingerprint density at radius 2 is 2.00 bits per heavy atom. The molecule has 1 aliphatic carbocycles. The monoisotopic (exact) mass is 225 g/mol. The number of fused-ring (bicyclic) bond motifs is 1. The first kappa shape index (κ1) is 10.0. The molecule has 16 heavy (non-hydrogen) atoms. The predicted molar refractivity (Wildman–Crippen MR) is 55.3 cm³/mol. The van der Waals surface area contributed by atoms with Gasteiger partial charge in [-0.15, -0.1) is 0 Å². The van der Waals surface area contributed by atoms with Crippen LogP contribution < -0.4 is 10.5 Å². The van der Waals surface area contributed by atoms with Gasteiger partial charge >= 0.3 is 0 Å². The summed E-state index contributed by atoms with van der Waals surface area (Å²) in [6.07, 6.45) is 2.85. The first-order valence-electron chi connectivity index (χ1n) is 5.55. The Morgan fingerprint density at radius 3 is 2.69 bits per heavy atom. The van der Waals surface area contributed by atoms with Crippen molar-refractivity contribution in [2.75, 3.05) is 6.61 Å². The predicted octanol–water partition coefficient (Wildman–Crippen LogP) is 2.24. The van der Waals surface area contributed by atoms with Crippen LogP contribution in [0.1, 0.15) is 30.4 Å². The van der Waals surface area contributed by atoms with E-state index in [0.29, 0.717) is 29.9 Å². The summed E-state index contributed by atoms with van der Waals surface area (Å²) < 4.78 is 32.8. The Labute approximate surface area is 92.4 Å². The first-order chi connectivity index (χ1) is 7.62. The molecular weight excluding hydrogens is 212 g/mol. The maximum absolute atomic E-state index is 13.8. The van der Waals surface area contributed by atoms with Crippen LogP contribution >= 0.6 is 0 Å². The molecule has 4 heteroatoms. The zero-order chi connectivity index (χ0) is 11.3. The van der Waals surface area contributed by atoms with Gasteiger partial charge in [0.05, 0.1) is 12.2 Å². The second-order valence-corrected chi connectivity index (χ2v) is 4.63. The molecule has 0 bridgehead atoms. The number of benzene rings is 1. The lowest BCUT2D eigenvalue weighted by atomic mass is 9.96. The molecule has 1 fully saturated rings. The summed E-state index contributed by atoms with van der Waals surface area (Å²) in [6.45, 7) is 0.513. The molecule has 1 aromatic rings. The molecule has 0 radical (unpaired) electrons. The third-order valence-electron chi connectivity index (χ3n) is 3.39. The van der Waals surface area contributed by atoms with E-state index >= 15 is 0 Å². The van der Waals surface area contributed by atoms with Crippen molar-refractivity contribution in [3.63, 3.8) is 0 Å². The molecule has 1 aromatic carbocycles. The van der Waals surface area contributed by atoms with Gasteiger partial charge in [-0.05, 0) is 25.7 Å². The van der Waals surface area contributed by atoms with Crippen LogP contribution in [-0.4, -0.2) is 6.61 Å². The molecule has 2 nitrogen and oxygen atoms in total. The van der Waals surface area contributed by atoms with Crippen LogP contribution in [0, 0.1) is 11.6 Å². The molecule has 3 rings (SSSR count). The van der Waals surface area contributed by atoms with Gasteiger partial charge in [-0.1, -0.05) is 0 Å². The molecule has 2 aliphatic rings. The normalized spacial score (nSPS) is 21.2. The molecule has 0 spiro atoms. The number of halogens is 2. The zero-order valence-electron chi connectivity index (χ0n) is 8.85. The van der Waals surface area contributed by atoms with Crippen LogP contribution in [0.5, 0.6) is 5.75 Å². The summed E-state index contributed by atoms with van der Waals surface area (Å²) in [5.74, 6) is -0.720. The van der Waals surface area contributed by atoms with Gasteiger partial charge in [0, 0.05) is 17.2 Å². The molecule has 0 aromatic heterocycles. The highest BCUT2D eigenvalue weighted by atomic mass is 19.1. The molecule has 86 valence electrons. The molecule has 1 heterocycles. The van der Waals surface area contributed by atoms with Crippen LogP contribution in [0.15, 0.2) is 6.07 Å². The van der Waals surface area contributed by atoms with Crippen molar-refractivity contribution in [2.45, 2.75) is 31.2 Å². The van der Waals surface area contributed by atoms with Crippen molar-refractivity contribution < 1.29 is 13.5 Å². The molecule has 0 amide bonds. The standard InChI is InChI=1S/C12H13F2NO/c13-8-6-9(14)10(12(15)3-4-12)11-7(8)2-1-5-16-11/h6H,1-5,15H2. The molecule has 1 saturated carbocycles. The fourth-order valence-corrected chi connectivity index (χ4v) is 2.30. The van der Waals surface area contributed by atoms with E-state index in [2.05, 4.69) is 0 Å². The molecule has 1 aliphatic heterocycles. The molecule has 0 saturated heterocycles. The lowest BCUT2D eigenvalue weighted by Gasteiger charge is -2.24. The Hall–Kier alpha value is -1.16. The Bertz CT molecular complexity index is 455. The summed E-state index contributed by atoms with van der Waals surface area (Å²) in [7, 11) is 0. The fraction of sp³-hybridized carbons (Fsp3) is 0.500. The van der Waals surface area contributed by atoms with Gasteiger partial charge < -0.3 is 10.5 Å². The summed E-state index contributed by atoms with van der Waals surface area (Å²) in [5, 5.41) is 0. The molecule has 0 atom stereocenters. The van der Waals surface area contributed by atoms with E-state index in [1.807, 2.05) is 0 Å². The maximum atomic E-state index is 13.8. The average Bonchev–Trinajstić information content (AvgIpc) is 2.97. The lowest BCUT2D eigenvalue weighted by Crippen LogP contribution is -2.24. The van der Waals surface area contributed by atoms with Crippen molar-refractivity contribution in [1.29, 1.82) is 0 Å². The SMILES string of the molecule is NC1(c2c(F)cc(F)c3c2OCCC3)CC1. The minimum absolute atomic E-state index is 0.365. The van der Waals surface area contributed by atoms with E-state index in [-0.39, 0.29) is 0 Å². The number of rotatable bonds is 1. The van der Waals surface area contributed by atoms with Crippen LogP contribution in [0.25, 0.3) is 0 Å². The van der Waals surface area contributed by atoms with Gasteiger partial charge in [-0.2, -0.15) is 0 Å². The Kier molecular flexibility index (Phi) is 1.98. The highest BCUT2D eigenvalue weighted by Crippen LogP contribution is 2.49. The van der Waals surface area contributed by atoms with E-state index in [9.17, 15) is 8.78 Å². The maximum Gasteiger partial charge on any atom is 0.134 e. The van der Waals surface area contributed by atoms with Crippen LogP contribution in [0.4, 0.5) is 8.78 Å². The Balaban J connectivity index is 2.23. The number of ether oxygens (including phenoxy) is 1. The smallest absolute Gasteiger partial charge is 0.134 e. The van der Waals surface area contributed by atoms with E-state index in [1.165, 1.54) is 0 Å². The summed E-state index contributed by atoms with van der Waals surface area (Å²) in [6, 6.07) is 0.940. The van der Waals surface area contributed by atoms with Crippen molar-refractivity contribution >= 4 is 0 Å². The number of hydrogen-bond acceptors (Lipinski definition) is 2. The van der Waals surface area contributed by atoms with Gasteiger partial charge in [-0.25, -0.2) is 8.78 Å². The van der Waals surface area contributed by atoms with E-state index in [4.69, 9.17) is 10.5 Å². The summed E-state index contributed by atoms with van der Waals surface area (Å²) in [5.41, 5.74) is 6.24. The highest BCUT2D eigenvalue weighted by molar-refractivity contribution is 5.50. The van der Waals surface area contributed by atoms with E-state index in [0.717, 1.165) is 25.3 Å². The van der Waals surface area contributed by atoms with Crippen molar-refractivity contribution in [1.82, 2.24) is 0 Å². The third-order valence-corrected chi connectivity index (χ3v) is 3.39. The van der Waals surface area contributed by atoms with E-state index < -0.39 is 17.2 Å². The Morgan fingerprint density at radius 1 is 1.25 bits per heavy atom. The van der Waals surface area contributed by atoms with Gasteiger partial charge in [-0.3, -0.25) is 0 Å².